The van der Waals surface area contributed by atoms with Crippen molar-refractivity contribution >= 4 is 17.7 Å². The van der Waals surface area contributed by atoms with Gasteiger partial charge in [-0.05, 0) is 57.5 Å². The molecule has 25 heavy (non-hydrogen) atoms. The predicted octanol–water partition coefficient (Wildman–Crippen LogP) is 2.02. The minimum absolute atomic E-state index is 0.241. The normalized spacial score (nSPS) is 33.8. The summed E-state index contributed by atoms with van der Waals surface area (Å²) in [5, 5.41) is 3.29. The van der Waals surface area contributed by atoms with Crippen LogP contribution in [0.15, 0.2) is 0 Å². The van der Waals surface area contributed by atoms with E-state index in [9.17, 15) is 14.4 Å². The largest absolute Gasteiger partial charge is 0.444 e. The third-order valence-electron chi connectivity index (χ3n) is 5.67. The summed E-state index contributed by atoms with van der Waals surface area (Å²) in [6.07, 6.45) is 2.73. The molecule has 4 fully saturated rings. The van der Waals surface area contributed by atoms with Crippen molar-refractivity contribution in [1.82, 2.24) is 10.2 Å². The fourth-order valence-electron chi connectivity index (χ4n) is 4.48. The highest BCUT2D eigenvalue weighted by atomic mass is 16.6. The maximum atomic E-state index is 11.8. The van der Waals surface area contributed by atoms with Gasteiger partial charge in [-0.25, -0.2) is 4.79 Å². The Balaban J connectivity index is 0.000000170. The van der Waals surface area contributed by atoms with E-state index < -0.39 is 5.60 Å². The van der Waals surface area contributed by atoms with Crippen LogP contribution in [0.5, 0.6) is 0 Å². The van der Waals surface area contributed by atoms with Crippen LogP contribution in [-0.4, -0.2) is 54.3 Å². The first-order valence-corrected chi connectivity index (χ1v) is 9.43. The molecule has 2 heterocycles. The lowest BCUT2D eigenvalue weighted by Crippen LogP contribution is -2.36. The zero-order valence-electron chi connectivity index (χ0n) is 15.5. The fourth-order valence-corrected chi connectivity index (χ4v) is 4.48. The number of amides is 1. The van der Waals surface area contributed by atoms with Crippen LogP contribution in [0.25, 0.3) is 0 Å². The molecule has 6 heteroatoms. The van der Waals surface area contributed by atoms with E-state index in [1.807, 2.05) is 20.8 Å². The second-order valence-electron chi connectivity index (χ2n) is 8.98. The summed E-state index contributed by atoms with van der Waals surface area (Å²) >= 11 is 0. The Bertz CT molecular complexity index is 524. The molecule has 0 aromatic carbocycles. The van der Waals surface area contributed by atoms with E-state index in [4.69, 9.17) is 4.74 Å². The minimum Gasteiger partial charge on any atom is -0.444 e. The molecule has 140 valence electrons. The fraction of sp³-hybridized carbons (Fsp3) is 0.842. The molecule has 4 rings (SSSR count). The number of carbonyl (C=O) groups is 3. The van der Waals surface area contributed by atoms with Gasteiger partial charge < -0.3 is 15.0 Å². The average Bonchev–Trinajstić information content (AvgIpc) is 3.16. The average molecular weight is 350 g/mol. The highest BCUT2D eigenvalue weighted by molar-refractivity contribution is 5.82. The van der Waals surface area contributed by atoms with E-state index in [1.165, 1.54) is 0 Å². The summed E-state index contributed by atoms with van der Waals surface area (Å²) in [5.74, 6) is 2.96. The van der Waals surface area contributed by atoms with Gasteiger partial charge in [0.2, 0.25) is 0 Å². The van der Waals surface area contributed by atoms with Crippen molar-refractivity contribution in [2.24, 2.45) is 23.7 Å². The lowest BCUT2D eigenvalue weighted by Gasteiger charge is -2.24. The van der Waals surface area contributed by atoms with E-state index in [2.05, 4.69) is 5.32 Å². The summed E-state index contributed by atoms with van der Waals surface area (Å²) < 4.78 is 5.32. The maximum Gasteiger partial charge on any atom is 0.410 e. The standard InChI is InChI=1S/C12H19NO3.C7H11NO/c1-12(2,3)16-11(15)13-6-8-4-10(14)5-9(8)7-13;9-7-1-5-3-8-4-6(5)2-7/h8-9H,4-7H2,1-3H3;5-6,8H,1-4H2/t8-,9+;5-,6+. The van der Waals surface area contributed by atoms with Gasteiger partial charge in [0.25, 0.3) is 0 Å². The summed E-state index contributed by atoms with van der Waals surface area (Å²) in [7, 11) is 0. The van der Waals surface area contributed by atoms with Gasteiger partial charge in [-0.3, -0.25) is 9.59 Å². The lowest BCUT2D eigenvalue weighted by atomic mass is 10.0. The molecule has 0 bridgehead atoms. The molecule has 2 aliphatic carbocycles. The number of ketones is 2. The molecule has 0 spiro atoms. The molecule has 0 unspecified atom stereocenters. The molecule has 2 saturated carbocycles. The van der Waals surface area contributed by atoms with E-state index in [0.717, 1.165) is 25.9 Å². The molecule has 4 atom stereocenters. The van der Waals surface area contributed by atoms with Gasteiger partial charge in [0.1, 0.15) is 17.2 Å². The molecule has 4 aliphatic rings. The number of fused-ring (bicyclic) bond motifs is 2. The first kappa shape index (κ1) is 18.4. The van der Waals surface area contributed by atoms with E-state index in [-0.39, 0.29) is 6.09 Å². The van der Waals surface area contributed by atoms with Gasteiger partial charge in [0, 0.05) is 38.8 Å². The number of rotatable bonds is 0. The topological polar surface area (TPSA) is 75.7 Å². The second kappa shape index (κ2) is 7.06. The Morgan fingerprint density at radius 3 is 1.80 bits per heavy atom. The summed E-state index contributed by atoms with van der Waals surface area (Å²) in [6.45, 7) is 9.13. The Morgan fingerprint density at radius 2 is 1.36 bits per heavy atom. The number of carbonyl (C=O) groups excluding carboxylic acids is 3. The zero-order chi connectivity index (χ0) is 18.2. The molecular weight excluding hydrogens is 320 g/mol. The highest BCUT2D eigenvalue weighted by Gasteiger charge is 2.42. The third-order valence-corrected chi connectivity index (χ3v) is 5.67. The van der Waals surface area contributed by atoms with Crippen molar-refractivity contribution in [1.29, 1.82) is 0 Å². The minimum atomic E-state index is -0.440. The van der Waals surface area contributed by atoms with Crippen LogP contribution in [-0.2, 0) is 14.3 Å². The Morgan fingerprint density at radius 1 is 0.920 bits per heavy atom. The van der Waals surface area contributed by atoms with Crippen LogP contribution >= 0.6 is 0 Å². The molecule has 2 aliphatic heterocycles. The van der Waals surface area contributed by atoms with Crippen molar-refractivity contribution < 1.29 is 19.1 Å². The SMILES string of the molecule is CC(C)(C)OC(=O)N1C[C@H]2CC(=O)C[C@H]2C1.O=C1C[C@H]2CNC[C@H]2C1. The Labute approximate surface area is 149 Å². The van der Waals surface area contributed by atoms with Gasteiger partial charge >= 0.3 is 6.09 Å². The summed E-state index contributed by atoms with van der Waals surface area (Å²) in [4.78, 5) is 35.6. The van der Waals surface area contributed by atoms with Crippen LogP contribution in [0.1, 0.15) is 46.5 Å². The number of ether oxygens (including phenoxy) is 1. The molecule has 0 aromatic rings. The van der Waals surface area contributed by atoms with Crippen molar-refractivity contribution in [3.05, 3.63) is 0 Å². The Kier molecular flexibility index (Phi) is 5.19. The smallest absolute Gasteiger partial charge is 0.410 e. The number of nitrogens with zero attached hydrogens (tertiary/aromatic N) is 1. The molecule has 2 saturated heterocycles. The molecule has 1 N–H and O–H groups in total. The van der Waals surface area contributed by atoms with Crippen LogP contribution in [0.2, 0.25) is 0 Å². The lowest BCUT2D eigenvalue weighted by molar-refractivity contribution is -0.118. The van der Waals surface area contributed by atoms with Gasteiger partial charge in [0.05, 0.1) is 0 Å². The molecule has 6 nitrogen and oxygen atoms in total. The van der Waals surface area contributed by atoms with Crippen LogP contribution in [0.3, 0.4) is 0 Å². The van der Waals surface area contributed by atoms with Gasteiger partial charge in [0.15, 0.2) is 0 Å². The molecule has 0 radical (unpaired) electrons. The second-order valence-corrected chi connectivity index (χ2v) is 8.98. The third kappa shape index (κ3) is 4.60. The van der Waals surface area contributed by atoms with E-state index in [0.29, 0.717) is 61.2 Å². The van der Waals surface area contributed by atoms with E-state index in [1.54, 1.807) is 4.90 Å². The van der Waals surface area contributed by atoms with Crippen molar-refractivity contribution in [3.8, 4) is 0 Å². The summed E-state index contributed by atoms with van der Waals surface area (Å²) in [6, 6.07) is 0. The van der Waals surface area contributed by atoms with Gasteiger partial charge in [-0.2, -0.15) is 0 Å². The monoisotopic (exact) mass is 350 g/mol. The zero-order valence-corrected chi connectivity index (χ0v) is 15.5. The summed E-state index contributed by atoms with van der Waals surface area (Å²) in [5.41, 5.74) is -0.440. The van der Waals surface area contributed by atoms with Crippen LogP contribution < -0.4 is 5.32 Å². The number of hydrogen-bond acceptors (Lipinski definition) is 5. The molecule has 0 aromatic heterocycles. The number of hydrogen-bond donors (Lipinski definition) is 1. The van der Waals surface area contributed by atoms with Gasteiger partial charge in [-0.15, -0.1) is 0 Å². The molecule has 1 amide bonds. The van der Waals surface area contributed by atoms with Crippen molar-refractivity contribution in [3.63, 3.8) is 0 Å². The highest BCUT2D eigenvalue weighted by Crippen LogP contribution is 2.36. The predicted molar refractivity (Wildman–Crippen MR) is 93.1 cm³/mol. The van der Waals surface area contributed by atoms with Crippen LogP contribution in [0.4, 0.5) is 4.79 Å². The van der Waals surface area contributed by atoms with E-state index >= 15 is 0 Å². The number of likely N-dealkylation sites (tertiary alicyclic amines) is 1. The quantitative estimate of drug-likeness (QED) is 0.723. The van der Waals surface area contributed by atoms with Crippen molar-refractivity contribution in [2.45, 2.75) is 52.1 Å². The maximum absolute atomic E-state index is 11.8. The van der Waals surface area contributed by atoms with Crippen molar-refractivity contribution in [2.75, 3.05) is 26.2 Å². The number of nitrogens with one attached hydrogen (secondary N) is 1. The first-order valence-electron chi connectivity index (χ1n) is 9.43. The first-order chi connectivity index (χ1) is 11.7. The van der Waals surface area contributed by atoms with Gasteiger partial charge in [-0.1, -0.05) is 0 Å². The molecular formula is C19H30N2O4. The van der Waals surface area contributed by atoms with Crippen LogP contribution in [0, 0.1) is 23.7 Å². The number of Topliss-reactive ketones (excluding diaryl/α,β-unsaturated/α-hetero) is 2. The Hall–Kier alpha value is -1.43.